The monoisotopic (exact) mass is 257 g/mol. The van der Waals surface area contributed by atoms with Crippen molar-refractivity contribution < 1.29 is 0 Å². The van der Waals surface area contributed by atoms with Gasteiger partial charge in [-0.25, -0.2) is 0 Å². The number of para-hydroxylation sites is 1. The number of aryl methyl sites for hydroxylation is 1. The second-order valence-corrected chi connectivity index (χ2v) is 6.47. The van der Waals surface area contributed by atoms with Gasteiger partial charge in [-0.1, -0.05) is 50.8 Å². The highest BCUT2D eigenvalue weighted by atomic mass is 14.9. The molecule has 0 heterocycles. The third kappa shape index (κ3) is 2.96. The largest absolute Gasteiger partial charge is 0.382 e. The van der Waals surface area contributed by atoms with E-state index in [1.54, 1.807) is 0 Å². The summed E-state index contributed by atoms with van der Waals surface area (Å²) in [6.45, 7) is 2.25. The van der Waals surface area contributed by atoms with Crippen LogP contribution in [-0.4, -0.2) is 6.04 Å². The van der Waals surface area contributed by atoms with Crippen molar-refractivity contribution in [3.63, 3.8) is 0 Å². The van der Waals surface area contributed by atoms with E-state index in [0.29, 0.717) is 6.04 Å². The van der Waals surface area contributed by atoms with E-state index in [1.807, 2.05) is 0 Å². The van der Waals surface area contributed by atoms with Crippen LogP contribution in [0.3, 0.4) is 0 Å². The first-order valence-corrected chi connectivity index (χ1v) is 8.21. The van der Waals surface area contributed by atoms with Gasteiger partial charge in [0.15, 0.2) is 0 Å². The molecule has 104 valence electrons. The van der Waals surface area contributed by atoms with Crippen molar-refractivity contribution >= 4 is 5.69 Å². The van der Waals surface area contributed by atoms with Gasteiger partial charge < -0.3 is 5.32 Å². The smallest absolute Gasteiger partial charge is 0.0374 e. The Labute approximate surface area is 117 Å². The van der Waals surface area contributed by atoms with Gasteiger partial charge in [0.2, 0.25) is 0 Å². The Hall–Kier alpha value is -0.980. The maximum absolute atomic E-state index is 3.83. The van der Waals surface area contributed by atoms with Crippen LogP contribution in [0.2, 0.25) is 0 Å². The summed E-state index contributed by atoms with van der Waals surface area (Å²) in [5.41, 5.74) is 2.84. The highest BCUT2D eigenvalue weighted by Crippen LogP contribution is 2.41. The molecule has 3 unspecified atom stereocenters. The SMILES string of the molecule is CCc1ccccc1NC1CCC2CCCCC2C1. The zero-order valence-electron chi connectivity index (χ0n) is 12.2. The van der Waals surface area contributed by atoms with Gasteiger partial charge in [-0.15, -0.1) is 0 Å². The van der Waals surface area contributed by atoms with E-state index >= 15 is 0 Å². The Morgan fingerprint density at radius 3 is 2.63 bits per heavy atom. The Morgan fingerprint density at radius 1 is 1.00 bits per heavy atom. The third-order valence-electron chi connectivity index (χ3n) is 5.30. The predicted octanol–water partition coefficient (Wildman–Crippen LogP) is 5.02. The molecule has 3 atom stereocenters. The van der Waals surface area contributed by atoms with Crippen LogP contribution in [0.5, 0.6) is 0 Å². The minimum atomic E-state index is 0.715. The molecule has 0 aliphatic heterocycles. The first-order valence-electron chi connectivity index (χ1n) is 8.21. The van der Waals surface area contributed by atoms with E-state index in [1.165, 1.54) is 56.2 Å². The van der Waals surface area contributed by atoms with Crippen LogP contribution in [0.4, 0.5) is 5.69 Å². The molecule has 3 rings (SSSR count). The van der Waals surface area contributed by atoms with Gasteiger partial charge in [0.05, 0.1) is 0 Å². The topological polar surface area (TPSA) is 12.0 Å². The fraction of sp³-hybridized carbons (Fsp3) is 0.667. The van der Waals surface area contributed by atoms with Crippen molar-refractivity contribution in [1.29, 1.82) is 0 Å². The molecule has 0 radical (unpaired) electrons. The summed E-state index contributed by atoms with van der Waals surface area (Å²) >= 11 is 0. The van der Waals surface area contributed by atoms with Gasteiger partial charge in [0, 0.05) is 11.7 Å². The number of nitrogens with one attached hydrogen (secondary N) is 1. The summed E-state index contributed by atoms with van der Waals surface area (Å²) in [5, 5.41) is 3.83. The van der Waals surface area contributed by atoms with Crippen LogP contribution in [0.1, 0.15) is 57.4 Å². The highest BCUT2D eigenvalue weighted by Gasteiger charge is 2.32. The van der Waals surface area contributed by atoms with E-state index in [0.717, 1.165) is 18.3 Å². The van der Waals surface area contributed by atoms with E-state index in [2.05, 4.69) is 36.5 Å². The second-order valence-electron chi connectivity index (χ2n) is 6.47. The minimum absolute atomic E-state index is 0.715. The molecular weight excluding hydrogens is 230 g/mol. The molecule has 1 heteroatoms. The molecule has 0 aromatic heterocycles. The van der Waals surface area contributed by atoms with E-state index in [4.69, 9.17) is 0 Å². The summed E-state index contributed by atoms with van der Waals surface area (Å²) in [7, 11) is 0. The lowest BCUT2D eigenvalue weighted by molar-refractivity contribution is 0.162. The van der Waals surface area contributed by atoms with Crippen molar-refractivity contribution in [2.24, 2.45) is 11.8 Å². The molecule has 2 aliphatic carbocycles. The molecule has 2 saturated carbocycles. The van der Waals surface area contributed by atoms with Crippen LogP contribution >= 0.6 is 0 Å². The number of rotatable bonds is 3. The fourth-order valence-corrected chi connectivity index (χ4v) is 4.19. The Balaban J connectivity index is 1.64. The first-order chi connectivity index (χ1) is 9.36. The highest BCUT2D eigenvalue weighted by molar-refractivity contribution is 5.51. The molecule has 1 nitrogen and oxygen atoms in total. The van der Waals surface area contributed by atoms with Crippen LogP contribution in [0.25, 0.3) is 0 Å². The average molecular weight is 257 g/mol. The summed E-state index contributed by atoms with van der Waals surface area (Å²) in [5.74, 6) is 2.06. The lowest BCUT2D eigenvalue weighted by Gasteiger charge is -2.40. The Bertz CT molecular complexity index is 412. The van der Waals surface area contributed by atoms with E-state index in [9.17, 15) is 0 Å². The third-order valence-corrected chi connectivity index (χ3v) is 5.30. The lowest BCUT2D eigenvalue weighted by Crippen LogP contribution is -2.34. The summed E-state index contributed by atoms with van der Waals surface area (Å²) in [6.07, 6.45) is 11.3. The van der Waals surface area contributed by atoms with Crippen LogP contribution in [0, 0.1) is 11.8 Å². The minimum Gasteiger partial charge on any atom is -0.382 e. The second kappa shape index (κ2) is 5.98. The van der Waals surface area contributed by atoms with Crippen LogP contribution < -0.4 is 5.32 Å². The molecule has 19 heavy (non-hydrogen) atoms. The molecule has 0 saturated heterocycles. The van der Waals surface area contributed by atoms with E-state index < -0.39 is 0 Å². The molecule has 0 bridgehead atoms. The molecule has 2 fully saturated rings. The molecule has 1 aromatic rings. The van der Waals surface area contributed by atoms with Gasteiger partial charge in [0.25, 0.3) is 0 Å². The number of hydrogen-bond acceptors (Lipinski definition) is 1. The van der Waals surface area contributed by atoms with Crippen molar-refractivity contribution in [2.75, 3.05) is 5.32 Å². The molecule has 2 aliphatic rings. The maximum atomic E-state index is 3.83. The van der Waals surface area contributed by atoms with Gasteiger partial charge in [0.1, 0.15) is 0 Å². The average Bonchev–Trinajstić information content (AvgIpc) is 2.48. The van der Waals surface area contributed by atoms with Crippen molar-refractivity contribution in [3.05, 3.63) is 29.8 Å². The molecule has 1 N–H and O–H groups in total. The lowest BCUT2D eigenvalue weighted by atomic mass is 9.69. The molecule has 1 aromatic carbocycles. The summed E-state index contributed by atoms with van der Waals surface area (Å²) < 4.78 is 0. The number of hydrogen-bond donors (Lipinski definition) is 1. The predicted molar refractivity (Wildman–Crippen MR) is 82.5 cm³/mol. The zero-order valence-corrected chi connectivity index (χ0v) is 12.2. The number of fused-ring (bicyclic) bond motifs is 1. The summed E-state index contributed by atoms with van der Waals surface area (Å²) in [6, 6.07) is 9.54. The van der Waals surface area contributed by atoms with Crippen LogP contribution in [-0.2, 0) is 6.42 Å². The maximum Gasteiger partial charge on any atom is 0.0374 e. The van der Waals surface area contributed by atoms with Crippen molar-refractivity contribution in [3.8, 4) is 0 Å². The quantitative estimate of drug-likeness (QED) is 0.801. The Kier molecular flexibility index (Phi) is 4.10. The van der Waals surface area contributed by atoms with Crippen molar-refractivity contribution in [2.45, 2.75) is 64.3 Å². The first kappa shape index (κ1) is 13.0. The Morgan fingerprint density at radius 2 is 1.79 bits per heavy atom. The number of benzene rings is 1. The molecule has 0 amide bonds. The standard InChI is InChI=1S/C18H27N/c1-2-14-7-5-6-10-18(14)19-17-12-11-15-8-3-4-9-16(15)13-17/h5-7,10,15-17,19H,2-4,8-9,11-13H2,1H3. The van der Waals surface area contributed by atoms with E-state index in [-0.39, 0.29) is 0 Å². The van der Waals surface area contributed by atoms with Gasteiger partial charge in [-0.05, 0) is 49.1 Å². The van der Waals surface area contributed by atoms with Gasteiger partial charge in [-0.2, -0.15) is 0 Å². The number of anilines is 1. The normalized spacial score (nSPS) is 30.7. The van der Waals surface area contributed by atoms with Crippen molar-refractivity contribution in [1.82, 2.24) is 0 Å². The fourth-order valence-electron chi connectivity index (χ4n) is 4.19. The zero-order chi connectivity index (χ0) is 13.1. The summed E-state index contributed by atoms with van der Waals surface area (Å²) in [4.78, 5) is 0. The van der Waals surface area contributed by atoms with Gasteiger partial charge >= 0.3 is 0 Å². The van der Waals surface area contributed by atoms with Gasteiger partial charge in [-0.3, -0.25) is 0 Å². The van der Waals surface area contributed by atoms with Crippen LogP contribution in [0.15, 0.2) is 24.3 Å². The molecular formula is C18H27N. The molecule has 0 spiro atoms.